The lowest BCUT2D eigenvalue weighted by molar-refractivity contribution is -0.137. The van der Waals surface area contributed by atoms with Crippen molar-refractivity contribution in [2.75, 3.05) is 0 Å². The number of benzene rings is 1. The number of halogens is 1. The van der Waals surface area contributed by atoms with Crippen LogP contribution in [0.15, 0.2) is 30.5 Å². The second kappa shape index (κ2) is 6.46. The number of aliphatic carboxylic acids is 1. The first kappa shape index (κ1) is 14.4. The number of hydrogen-bond acceptors (Lipinski definition) is 4. The molecule has 0 saturated heterocycles. The van der Waals surface area contributed by atoms with E-state index in [1.807, 2.05) is 12.1 Å². The van der Waals surface area contributed by atoms with Crippen molar-refractivity contribution in [2.45, 2.75) is 13.1 Å². The van der Waals surface area contributed by atoms with E-state index in [0.717, 1.165) is 3.57 Å². The first-order valence-electron chi connectivity index (χ1n) is 5.69. The molecule has 1 amide bonds. The van der Waals surface area contributed by atoms with Crippen LogP contribution in [-0.4, -0.2) is 32.0 Å². The maximum atomic E-state index is 11.9. The van der Waals surface area contributed by atoms with Crippen LogP contribution in [0, 0.1) is 3.57 Å². The zero-order valence-electron chi connectivity index (χ0n) is 10.3. The molecule has 2 rings (SSSR count). The first-order chi connectivity index (χ1) is 9.54. The molecule has 0 atom stereocenters. The Morgan fingerprint density at radius 1 is 1.30 bits per heavy atom. The average Bonchev–Trinajstić information content (AvgIpc) is 2.83. The molecule has 0 saturated carbocycles. The van der Waals surface area contributed by atoms with E-state index in [0.29, 0.717) is 11.3 Å². The second-order valence-electron chi connectivity index (χ2n) is 3.99. The number of carbonyl (C=O) groups excluding carboxylic acids is 1. The molecule has 1 aromatic carbocycles. The number of carboxylic acid groups (broad SMARTS) is 1. The van der Waals surface area contributed by atoms with Crippen LogP contribution >= 0.6 is 22.6 Å². The molecule has 0 aliphatic heterocycles. The van der Waals surface area contributed by atoms with Crippen LogP contribution in [0.4, 0.5) is 0 Å². The van der Waals surface area contributed by atoms with E-state index in [1.165, 1.54) is 10.9 Å². The van der Waals surface area contributed by atoms with Gasteiger partial charge < -0.3 is 10.4 Å². The highest BCUT2D eigenvalue weighted by molar-refractivity contribution is 14.1. The van der Waals surface area contributed by atoms with E-state index < -0.39 is 5.97 Å². The van der Waals surface area contributed by atoms with Crippen molar-refractivity contribution in [2.24, 2.45) is 0 Å². The average molecular weight is 386 g/mol. The van der Waals surface area contributed by atoms with Crippen molar-refractivity contribution >= 4 is 34.5 Å². The standard InChI is InChI=1S/C12H11IN4O3/c13-9-3-1-8(2-4-9)12(20)14-5-10-6-17(16-15-10)7-11(18)19/h1-4,6H,5,7H2,(H,14,20)(H,18,19). The Labute approximate surface area is 128 Å². The van der Waals surface area contributed by atoms with E-state index in [2.05, 4.69) is 38.2 Å². The molecule has 0 bridgehead atoms. The van der Waals surface area contributed by atoms with Gasteiger partial charge in [0.05, 0.1) is 12.7 Å². The molecule has 2 aromatic rings. The van der Waals surface area contributed by atoms with E-state index in [-0.39, 0.29) is 19.0 Å². The summed E-state index contributed by atoms with van der Waals surface area (Å²) in [5.74, 6) is -1.21. The SMILES string of the molecule is O=C(O)Cn1cc(CNC(=O)c2ccc(I)cc2)nn1. The molecule has 1 heterocycles. The molecular weight excluding hydrogens is 375 g/mol. The minimum Gasteiger partial charge on any atom is -0.480 e. The minimum atomic E-state index is -0.996. The molecule has 0 spiro atoms. The van der Waals surface area contributed by atoms with Gasteiger partial charge in [-0.3, -0.25) is 9.59 Å². The number of amides is 1. The second-order valence-corrected chi connectivity index (χ2v) is 5.24. The number of hydrogen-bond donors (Lipinski definition) is 2. The predicted octanol–water partition coefficient (Wildman–Crippen LogP) is 0.897. The maximum Gasteiger partial charge on any atom is 0.325 e. The number of nitrogens with one attached hydrogen (secondary N) is 1. The highest BCUT2D eigenvalue weighted by Gasteiger charge is 2.08. The van der Waals surface area contributed by atoms with Gasteiger partial charge in [0.25, 0.3) is 5.91 Å². The van der Waals surface area contributed by atoms with Gasteiger partial charge in [0.2, 0.25) is 0 Å². The van der Waals surface area contributed by atoms with E-state index in [4.69, 9.17) is 5.11 Å². The normalized spacial score (nSPS) is 10.2. The summed E-state index contributed by atoms with van der Waals surface area (Å²) >= 11 is 2.16. The van der Waals surface area contributed by atoms with Gasteiger partial charge in [0.1, 0.15) is 12.2 Å². The summed E-state index contributed by atoms with van der Waals surface area (Å²) < 4.78 is 2.25. The van der Waals surface area contributed by atoms with Gasteiger partial charge in [-0.25, -0.2) is 4.68 Å². The molecular formula is C12H11IN4O3. The molecule has 104 valence electrons. The topological polar surface area (TPSA) is 97.1 Å². The van der Waals surface area contributed by atoms with E-state index >= 15 is 0 Å². The van der Waals surface area contributed by atoms with Crippen molar-refractivity contribution in [1.29, 1.82) is 0 Å². The fourth-order valence-corrected chi connectivity index (χ4v) is 1.87. The van der Waals surface area contributed by atoms with Gasteiger partial charge in [-0.15, -0.1) is 5.10 Å². The Kier molecular flexibility index (Phi) is 4.66. The summed E-state index contributed by atoms with van der Waals surface area (Å²) in [5.41, 5.74) is 1.06. The van der Waals surface area contributed by atoms with Crippen molar-refractivity contribution in [3.63, 3.8) is 0 Å². The Morgan fingerprint density at radius 3 is 2.65 bits per heavy atom. The first-order valence-corrected chi connectivity index (χ1v) is 6.77. The lowest BCUT2D eigenvalue weighted by Gasteiger charge is -2.02. The van der Waals surface area contributed by atoms with Crippen molar-refractivity contribution in [1.82, 2.24) is 20.3 Å². The van der Waals surface area contributed by atoms with Crippen molar-refractivity contribution < 1.29 is 14.7 Å². The molecule has 8 heteroatoms. The van der Waals surface area contributed by atoms with Gasteiger partial charge >= 0.3 is 5.97 Å². The highest BCUT2D eigenvalue weighted by atomic mass is 127. The molecule has 0 radical (unpaired) electrons. The maximum absolute atomic E-state index is 11.9. The summed E-state index contributed by atoms with van der Waals surface area (Å²) in [4.78, 5) is 22.3. The van der Waals surface area contributed by atoms with E-state index in [9.17, 15) is 9.59 Å². The third kappa shape index (κ3) is 4.02. The van der Waals surface area contributed by atoms with Gasteiger partial charge in [-0.05, 0) is 46.9 Å². The Balaban J connectivity index is 1.91. The third-order valence-corrected chi connectivity index (χ3v) is 3.14. The van der Waals surface area contributed by atoms with Gasteiger partial charge in [0.15, 0.2) is 0 Å². The molecule has 20 heavy (non-hydrogen) atoms. The summed E-state index contributed by atoms with van der Waals surface area (Å²) in [7, 11) is 0. The lowest BCUT2D eigenvalue weighted by Crippen LogP contribution is -2.22. The fourth-order valence-electron chi connectivity index (χ4n) is 1.51. The van der Waals surface area contributed by atoms with Gasteiger partial charge in [0, 0.05) is 9.13 Å². The molecule has 1 aromatic heterocycles. The smallest absolute Gasteiger partial charge is 0.325 e. The third-order valence-electron chi connectivity index (χ3n) is 2.42. The zero-order chi connectivity index (χ0) is 14.5. The summed E-state index contributed by atoms with van der Waals surface area (Å²) in [6.45, 7) is -0.0531. The fraction of sp³-hybridized carbons (Fsp3) is 0.167. The quantitative estimate of drug-likeness (QED) is 0.745. The molecule has 7 nitrogen and oxygen atoms in total. The van der Waals surface area contributed by atoms with Gasteiger partial charge in [-0.2, -0.15) is 0 Å². The number of rotatable bonds is 5. The molecule has 0 aliphatic rings. The monoisotopic (exact) mass is 386 g/mol. The molecule has 0 fully saturated rings. The molecule has 0 aliphatic carbocycles. The Morgan fingerprint density at radius 2 is 2.00 bits per heavy atom. The van der Waals surface area contributed by atoms with Gasteiger partial charge in [-0.1, -0.05) is 5.21 Å². The number of carbonyl (C=O) groups is 2. The van der Waals surface area contributed by atoms with Crippen molar-refractivity contribution in [3.8, 4) is 0 Å². The summed E-state index contributed by atoms with van der Waals surface area (Å²) in [5, 5.41) is 18.7. The zero-order valence-corrected chi connectivity index (χ0v) is 12.4. The summed E-state index contributed by atoms with van der Waals surface area (Å²) in [6.07, 6.45) is 1.49. The number of aromatic nitrogens is 3. The minimum absolute atomic E-state index is 0.199. The van der Waals surface area contributed by atoms with Crippen LogP contribution < -0.4 is 5.32 Å². The number of nitrogens with zero attached hydrogens (tertiary/aromatic N) is 3. The Hall–Kier alpha value is -1.97. The number of carboxylic acids is 1. The van der Waals surface area contributed by atoms with Crippen LogP contribution in [0.1, 0.15) is 16.1 Å². The summed E-state index contributed by atoms with van der Waals surface area (Å²) in [6, 6.07) is 7.16. The van der Waals surface area contributed by atoms with Crippen molar-refractivity contribution in [3.05, 3.63) is 45.3 Å². The van der Waals surface area contributed by atoms with E-state index in [1.54, 1.807) is 12.1 Å². The highest BCUT2D eigenvalue weighted by Crippen LogP contribution is 2.06. The Bertz CT molecular complexity index is 624. The predicted molar refractivity (Wildman–Crippen MR) is 78.0 cm³/mol. The van der Waals surface area contributed by atoms with Crippen LogP contribution in [0.2, 0.25) is 0 Å². The largest absolute Gasteiger partial charge is 0.480 e. The lowest BCUT2D eigenvalue weighted by atomic mass is 10.2. The molecule has 0 unspecified atom stereocenters. The molecule has 2 N–H and O–H groups in total. The van der Waals surface area contributed by atoms with Crippen LogP contribution in [0.3, 0.4) is 0 Å². The van der Waals surface area contributed by atoms with Crippen LogP contribution in [0.5, 0.6) is 0 Å². The van der Waals surface area contributed by atoms with Crippen LogP contribution in [-0.2, 0) is 17.9 Å². The van der Waals surface area contributed by atoms with Crippen LogP contribution in [0.25, 0.3) is 0 Å².